The van der Waals surface area contributed by atoms with Gasteiger partial charge in [-0.05, 0) is 35.7 Å². The van der Waals surface area contributed by atoms with Gasteiger partial charge in [-0.3, -0.25) is 4.98 Å². The largest absolute Gasteiger partial charge is 0.478 e. The number of aromatic carboxylic acids is 1. The molecule has 16 heavy (non-hydrogen) atoms. The van der Waals surface area contributed by atoms with Gasteiger partial charge in [0, 0.05) is 12.4 Å². The number of aromatic nitrogens is 1. The number of carboxylic acid groups (broad SMARTS) is 1. The van der Waals surface area contributed by atoms with Gasteiger partial charge in [-0.2, -0.15) is 0 Å². The highest BCUT2D eigenvalue weighted by Gasteiger charge is 2.13. The Morgan fingerprint density at radius 3 is 2.50 bits per heavy atom. The third kappa shape index (κ3) is 1.80. The minimum absolute atomic E-state index is 0.355. The van der Waals surface area contributed by atoms with Crippen LogP contribution in [0.1, 0.15) is 15.9 Å². The van der Waals surface area contributed by atoms with Crippen LogP contribution in [0.2, 0.25) is 0 Å². The van der Waals surface area contributed by atoms with E-state index in [1.165, 1.54) is 0 Å². The van der Waals surface area contributed by atoms with Crippen LogP contribution >= 0.6 is 0 Å². The maximum absolute atomic E-state index is 11.2. The van der Waals surface area contributed by atoms with Gasteiger partial charge in [-0.1, -0.05) is 18.2 Å². The molecule has 1 aromatic carbocycles. The van der Waals surface area contributed by atoms with Crippen molar-refractivity contribution >= 4 is 5.97 Å². The van der Waals surface area contributed by atoms with Crippen LogP contribution in [0.15, 0.2) is 42.7 Å². The molecule has 0 aliphatic heterocycles. The van der Waals surface area contributed by atoms with E-state index in [2.05, 4.69) is 4.98 Å². The van der Waals surface area contributed by atoms with E-state index in [1.807, 2.05) is 12.1 Å². The Morgan fingerprint density at radius 2 is 1.88 bits per heavy atom. The third-order valence-electron chi connectivity index (χ3n) is 2.48. The van der Waals surface area contributed by atoms with Gasteiger partial charge in [0.15, 0.2) is 0 Å². The van der Waals surface area contributed by atoms with Gasteiger partial charge in [0.05, 0.1) is 5.56 Å². The molecule has 2 rings (SSSR count). The molecule has 0 spiro atoms. The zero-order valence-corrected chi connectivity index (χ0v) is 8.84. The van der Waals surface area contributed by atoms with Crippen molar-refractivity contribution in [3.05, 3.63) is 53.9 Å². The SMILES string of the molecule is Cc1cccc(-c2ccncc2)c1C(=O)O. The third-order valence-corrected chi connectivity index (χ3v) is 2.48. The summed E-state index contributed by atoms with van der Waals surface area (Å²) in [5.74, 6) is -0.898. The number of hydrogen-bond donors (Lipinski definition) is 1. The molecule has 0 aliphatic carbocycles. The van der Waals surface area contributed by atoms with E-state index < -0.39 is 5.97 Å². The summed E-state index contributed by atoms with van der Waals surface area (Å²) in [6, 6.07) is 9.08. The van der Waals surface area contributed by atoms with Crippen molar-refractivity contribution in [1.29, 1.82) is 0 Å². The topological polar surface area (TPSA) is 50.2 Å². The van der Waals surface area contributed by atoms with Crippen LogP contribution < -0.4 is 0 Å². The summed E-state index contributed by atoms with van der Waals surface area (Å²) in [5.41, 5.74) is 2.72. The Morgan fingerprint density at radius 1 is 1.19 bits per heavy atom. The van der Waals surface area contributed by atoms with Gasteiger partial charge in [0.2, 0.25) is 0 Å². The maximum Gasteiger partial charge on any atom is 0.336 e. The van der Waals surface area contributed by atoms with Crippen molar-refractivity contribution in [1.82, 2.24) is 4.98 Å². The number of carbonyl (C=O) groups is 1. The van der Waals surface area contributed by atoms with Crippen molar-refractivity contribution in [2.45, 2.75) is 6.92 Å². The van der Waals surface area contributed by atoms with Crippen molar-refractivity contribution < 1.29 is 9.90 Å². The monoisotopic (exact) mass is 213 g/mol. The molecule has 0 bridgehead atoms. The molecule has 0 atom stereocenters. The first kappa shape index (κ1) is 10.4. The van der Waals surface area contributed by atoms with E-state index >= 15 is 0 Å². The summed E-state index contributed by atoms with van der Waals surface area (Å²) in [5, 5.41) is 9.19. The lowest BCUT2D eigenvalue weighted by molar-refractivity contribution is 0.0697. The average Bonchev–Trinajstić information content (AvgIpc) is 2.29. The number of hydrogen-bond acceptors (Lipinski definition) is 2. The minimum Gasteiger partial charge on any atom is -0.478 e. The first-order valence-electron chi connectivity index (χ1n) is 4.93. The van der Waals surface area contributed by atoms with Gasteiger partial charge in [-0.25, -0.2) is 4.79 Å². The number of benzene rings is 1. The molecular formula is C13H11NO2. The van der Waals surface area contributed by atoms with Crippen LogP contribution in [-0.4, -0.2) is 16.1 Å². The van der Waals surface area contributed by atoms with E-state index in [0.29, 0.717) is 5.56 Å². The number of aryl methyl sites for hydroxylation is 1. The Bertz CT molecular complexity index is 521. The molecule has 1 aromatic heterocycles. The Balaban J connectivity index is 2.66. The fraction of sp³-hybridized carbons (Fsp3) is 0.0769. The lowest BCUT2D eigenvalue weighted by Gasteiger charge is -2.08. The highest BCUT2D eigenvalue weighted by molar-refractivity contribution is 5.97. The molecule has 0 saturated heterocycles. The summed E-state index contributed by atoms with van der Waals surface area (Å²) < 4.78 is 0. The van der Waals surface area contributed by atoms with Crippen LogP contribution in [0, 0.1) is 6.92 Å². The lowest BCUT2D eigenvalue weighted by atomic mass is 9.97. The van der Waals surface area contributed by atoms with E-state index in [-0.39, 0.29) is 0 Å². The van der Waals surface area contributed by atoms with Crippen LogP contribution in [0.25, 0.3) is 11.1 Å². The number of pyridine rings is 1. The summed E-state index contributed by atoms with van der Waals surface area (Å²) in [7, 11) is 0. The van der Waals surface area contributed by atoms with E-state index in [9.17, 15) is 9.90 Å². The normalized spacial score (nSPS) is 10.1. The molecular weight excluding hydrogens is 202 g/mol. The fourth-order valence-electron chi connectivity index (χ4n) is 1.72. The van der Waals surface area contributed by atoms with Crippen molar-refractivity contribution in [3.8, 4) is 11.1 Å². The van der Waals surface area contributed by atoms with Gasteiger partial charge in [0.25, 0.3) is 0 Å². The highest BCUT2D eigenvalue weighted by atomic mass is 16.4. The minimum atomic E-state index is -0.898. The molecule has 3 heteroatoms. The molecule has 3 nitrogen and oxygen atoms in total. The second kappa shape index (κ2) is 4.14. The number of carboxylic acids is 1. The molecule has 1 heterocycles. The average molecular weight is 213 g/mol. The van der Waals surface area contributed by atoms with Crippen LogP contribution in [0.5, 0.6) is 0 Å². The zero-order chi connectivity index (χ0) is 11.5. The van der Waals surface area contributed by atoms with Crippen LogP contribution in [0.3, 0.4) is 0 Å². The summed E-state index contributed by atoms with van der Waals surface area (Å²) in [6.07, 6.45) is 3.31. The molecule has 2 aromatic rings. The molecule has 1 N–H and O–H groups in total. The van der Waals surface area contributed by atoms with E-state index in [1.54, 1.807) is 37.5 Å². The van der Waals surface area contributed by atoms with Gasteiger partial charge in [0.1, 0.15) is 0 Å². The van der Waals surface area contributed by atoms with E-state index in [4.69, 9.17) is 0 Å². The van der Waals surface area contributed by atoms with Gasteiger partial charge >= 0.3 is 5.97 Å². The Hall–Kier alpha value is -2.16. The number of rotatable bonds is 2. The first-order valence-corrected chi connectivity index (χ1v) is 4.93. The molecule has 0 amide bonds. The van der Waals surface area contributed by atoms with Crippen LogP contribution in [-0.2, 0) is 0 Å². The summed E-state index contributed by atoms with van der Waals surface area (Å²) in [6.45, 7) is 1.80. The predicted octanol–water partition coefficient (Wildman–Crippen LogP) is 2.76. The summed E-state index contributed by atoms with van der Waals surface area (Å²) in [4.78, 5) is 15.1. The second-order valence-electron chi connectivity index (χ2n) is 3.54. The highest BCUT2D eigenvalue weighted by Crippen LogP contribution is 2.25. The summed E-state index contributed by atoms with van der Waals surface area (Å²) >= 11 is 0. The standard InChI is InChI=1S/C13H11NO2/c1-9-3-2-4-11(12(9)13(15)16)10-5-7-14-8-6-10/h2-8H,1H3,(H,15,16). The molecule has 0 aliphatic rings. The fourth-order valence-corrected chi connectivity index (χ4v) is 1.72. The molecule has 0 radical (unpaired) electrons. The lowest BCUT2D eigenvalue weighted by Crippen LogP contribution is -2.02. The van der Waals surface area contributed by atoms with Crippen molar-refractivity contribution in [3.63, 3.8) is 0 Å². The smallest absolute Gasteiger partial charge is 0.336 e. The molecule has 80 valence electrons. The number of nitrogens with zero attached hydrogens (tertiary/aromatic N) is 1. The van der Waals surface area contributed by atoms with Crippen molar-refractivity contribution in [2.24, 2.45) is 0 Å². The molecule has 0 unspecified atom stereocenters. The first-order chi connectivity index (χ1) is 7.70. The van der Waals surface area contributed by atoms with Crippen molar-refractivity contribution in [2.75, 3.05) is 0 Å². The van der Waals surface area contributed by atoms with E-state index in [0.717, 1.165) is 16.7 Å². The molecule has 0 fully saturated rings. The van der Waals surface area contributed by atoms with Gasteiger partial charge in [-0.15, -0.1) is 0 Å². The predicted molar refractivity (Wildman–Crippen MR) is 61.4 cm³/mol. The quantitative estimate of drug-likeness (QED) is 0.834. The Labute approximate surface area is 93.4 Å². The Kier molecular flexibility index (Phi) is 2.68. The molecule has 0 saturated carbocycles. The van der Waals surface area contributed by atoms with Crippen LogP contribution in [0.4, 0.5) is 0 Å². The maximum atomic E-state index is 11.2. The van der Waals surface area contributed by atoms with Gasteiger partial charge < -0.3 is 5.11 Å². The second-order valence-corrected chi connectivity index (χ2v) is 3.54. The zero-order valence-electron chi connectivity index (χ0n) is 8.84.